The largest absolute Gasteiger partial charge is 0.394 e. The van der Waals surface area contributed by atoms with Crippen molar-refractivity contribution in [2.75, 3.05) is 19.8 Å². The second-order valence-electron chi connectivity index (χ2n) is 11.8. The van der Waals surface area contributed by atoms with Crippen LogP contribution in [0.5, 0.6) is 0 Å². The first-order chi connectivity index (χ1) is 20.4. The van der Waals surface area contributed by atoms with E-state index in [1.165, 1.54) is 0 Å². The van der Waals surface area contributed by atoms with Crippen LogP contribution in [0.15, 0.2) is 0 Å². The summed E-state index contributed by atoms with van der Waals surface area (Å²) >= 11 is 0. The van der Waals surface area contributed by atoms with Gasteiger partial charge in [0, 0.05) is 18.6 Å². The van der Waals surface area contributed by atoms with Gasteiger partial charge in [0.25, 0.3) is 0 Å². The van der Waals surface area contributed by atoms with E-state index in [4.69, 9.17) is 61.8 Å². The lowest BCUT2D eigenvalue weighted by Crippen LogP contribution is -2.68. The van der Waals surface area contributed by atoms with E-state index >= 15 is 0 Å². The van der Waals surface area contributed by atoms with Crippen LogP contribution in [0, 0.1) is 0 Å². The highest BCUT2D eigenvalue weighted by molar-refractivity contribution is 5.03. The van der Waals surface area contributed by atoms with Crippen LogP contribution in [-0.4, -0.2) is 178 Å². The summed E-state index contributed by atoms with van der Waals surface area (Å²) in [5.74, 6) is 0. The quantitative estimate of drug-likeness (QED) is 0.119. The van der Waals surface area contributed by atoms with E-state index < -0.39 is 129 Å². The minimum absolute atomic E-state index is 0.0660. The molecule has 5 rings (SSSR count). The molecular weight excluding hydrogens is 582 g/mol. The van der Waals surface area contributed by atoms with Gasteiger partial charge in [-0.3, -0.25) is 0 Å². The van der Waals surface area contributed by atoms with Crippen molar-refractivity contribution >= 4 is 0 Å². The Labute approximate surface area is 246 Å². The predicted octanol–water partition coefficient (Wildman–Crippen LogP) is -8.46. The van der Waals surface area contributed by atoms with Crippen molar-refractivity contribution in [3.05, 3.63) is 0 Å². The molecule has 5 fully saturated rings. The summed E-state index contributed by atoms with van der Waals surface area (Å²) in [5.41, 5.74) is 30.2. The van der Waals surface area contributed by atoms with Crippen LogP contribution in [0.3, 0.4) is 0 Å². The lowest BCUT2D eigenvalue weighted by atomic mass is 9.84. The van der Waals surface area contributed by atoms with E-state index in [-0.39, 0.29) is 19.6 Å². The van der Waals surface area contributed by atoms with Crippen LogP contribution in [0.1, 0.15) is 6.42 Å². The van der Waals surface area contributed by atoms with E-state index in [0.717, 1.165) is 0 Å². The molecule has 0 aromatic carbocycles. The molecule has 5 aliphatic rings. The Morgan fingerprint density at radius 2 is 1.21 bits per heavy atom. The second kappa shape index (κ2) is 13.5. The maximum atomic E-state index is 11.1. The molecule has 11 unspecified atom stereocenters. The maximum absolute atomic E-state index is 11.1. The molecule has 43 heavy (non-hydrogen) atoms. The molecule has 4 heterocycles. The average Bonchev–Trinajstić information content (AvgIpc) is 3.50. The Morgan fingerprint density at radius 1 is 0.605 bits per heavy atom. The molecule has 1 aliphatic carbocycles. The molecule has 0 amide bonds. The SMILES string of the molecule is NCC1O[C@H](OC2C(O)[C@H](OC3C(O)[C@H](N)CC(N)[C@H]3O[C@H]3OC4C(O)CO[C@H]4C(O)C3N)O[C@@H]2CO)[C@@H](N)C(O)[C@@H]1O. The predicted molar refractivity (Wildman–Crippen MR) is 139 cm³/mol. The first-order valence-corrected chi connectivity index (χ1v) is 14.3. The van der Waals surface area contributed by atoms with Crippen molar-refractivity contribution in [1.82, 2.24) is 0 Å². The van der Waals surface area contributed by atoms with Crippen molar-refractivity contribution in [1.29, 1.82) is 0 Å². The summed E-state index contributed by atoms with van der Waals surface area (Å²) in [4.78, 5) is 0. The summed E-state index contributed by atoms with van der Waals surface area (Å²) < 4.78 is 40.4. The van der Waals surface area contributed by atoms with Gasteiger partial charge in [0.15, 0.2) is 18.9 Å². The zero-order chi connectivity index (χ0) is 31.3. The van der Waals surface area contributed by atoms with Gasteiger partial charge in [-0.05, 0) is 6.42 Å². The van der Waals surface area contributed by atoms with Crippen molar-refractivity contribution in [2.45, 2.75) is 129 Å². The van der Waals surface area contributed by atoms with E-state index in [9.17, 15) is 35.7 Å². The molecule has 0 aromatic heterocycles. The summed E-state index contributed by atoms with van der Waals surface area (Å²) in [5, 5.41) is 73.5. The molecule has 0 aromatic rings. The number of rotatable bonds is 8. The molecule has 4 saturated heterocycles. The van der Waals surface area contributed by atoms with Gasteiger partial charge in [-0.15, -0.1) is 0 Å². The van der Waals surface area contributed by atoms with Gasteiger partial charge in [0.2, 0.25) is 0 Å². The summed E-state index contributed by atoms with van der Waals surface area (Å²) in [6, 6.07) is -4.07. The number of aliphatic hydroxyl groups excluding tert-OH is 7. The van der Waals surface area contributed by atoms with Crippen LogP contribution in [0.2, 0.25) is 0 Å². The normalized spacial score (nSPS) is 55.8. The third-order valence-corrected chi connectivity index (χ3v) is 8.89. The molecule has 1 saturated carbocycles. The fraction of sp³-hybridized carbons (Fsp3) is 1.00. The summed E-state index contributed by atoms with van der Waals surface area (Å²) in [6.45, 7) is -0.871. The minimum atomic E-state index is -1.60. The lowest BCUT2D eigenvalue weighted by Gasteiger charge is -2.47. The van der Waals surface area contributed by atoms with Crippen LogP contribution in [0.25, 0.3) is 0 Å². The number of nitrogens with two attached hydrogens (primary N) is 5. The average molecular weight is 628 g/mol. The third kappa shape index (κ3) is 6.32. The van der Waals surface area contributed by atoms with Crippen LogP contribution < -0.4 is 28.7 Å². The summed E-state index contributed by atoms with van der Waals surface area (Å²) in [6.07, 6.45) is -20.0. The monoisotopic (exact) mass is 627 g/mol. The first kappa shape index (κ1) is 33.6. The van der Waals surface area contributed by atoms with E-state index in [0.29, 0.717) is 0 Å². The first-order valence-electron chi connectivity index (χ1n) is 14.3. The number of hydrogen-bond donors (Lipinski definition) is 12. The van der Waals surface area contributed by atoms with Gasteiger partial charge >= 0.3 is 0 Å². The van der Waals surface area contributed by atoms with Crippen molar-refractivity contribution in [2.24, 2.45) is 28.7 Å². The van der Waals surface area contributed by atoms with Gasteiger partial charge in [-0.25, -0.2) is 0 Å². The van der Waals surface area contributed by atoms with Gasteiger partial charge in [0.05, 0.1) is 31.4 Å². The highest BCUT2D eigenvalue weighted by Gasteiger charge is 2.56. The Kier molecular flexibility index (Phi) is 10.6. The molecule has 250 valence electrons. The van der Waals surface area contributed by atoms with Crippen LogP contribution in [0.4, 0.5) is 0 Å². The maximum Gasteiger partial charge on any atom is 0.187 e. The van der Waals surface area contributed by atoms with Gasteiger partial charge in [-0.1, -0.05) is 0 Å². The van der Waals surface area contributed by atoms with E-state index in [2.05, 4.69) is 0 Å². The van der Waals surface area contributed by atoms with Crippen molar-refractivity contribution < 1.29 is 68.9 Å². The number of fused-ring (bicyclic) bond motifs is 1. The standard InChI is InChI=1S/C24H45N5O14/c25-2-8-13(33)14(34)10(28)22(38-8)42-19-9(3-30)39-24(16(19)36)43-21-12(32)5(26)1-6(27)17(21)40-23-11(29)15(35)20-18(41-23)7(31)4-37-20/h5-24,30-36H,1-4,25-29H2/t5-,6?,7?,8?,9-,10+,11?,12?,13-,14?,15?,16?,17-,18?,19?,20+,21?,22-,23+,24+/m1/s1. The molecule has 19 nitrogen and oxygen atoms in total. The third-order valence-electron chi connectivity index (χ3n) is 8.89. The van der Waals surface area contributed by atoms with Crippen LogP contribution >= 0.6 is 0 Å². The molecule has 20 atom stereocenters. The lowest BCUT2D eigenvalue weighted by molar-refractivity contribution is -0.306. The van der Waals surface area contributed by atoms with E-state index in [1.54, 1.807) is 0 Å². The Morgan fingerprint density at radius 3 is 1.88 bits per heavy atom. The molecule has 4 aliphatic heterocycles. The molecule has 17 N–H and O–H groups in total. The number of hydrogen-bond acceptors (Lipinski definition) is 19. The molecule has 0 spiro atoms. The second-order valence-corrected chi connectivity index (χ2v) is 11.8. The van der Waals surface area contributed by atoms with Gasteiger partial charge < -0.3 is 97.6 Å². The fourth-order valence-corrected chi connectivity index (χ4v) is 6.30. The van der Waals surface area contributed by atoms with E-state index in [1.807, 2.05) is 0 Å². The molecular formula is C24H45N5O14. The Hall–Kier alpha value is -0.760. The number of aliphatic hydroxyl groups is 7. The zero-order valence-electron chi connectivity index (χ0n) is 23.3. The number of ether oxygens (including phenoxy) is 7. The Balaban J connectivity index is 1.30. The zero-order valence-corrected chi connectivity index (χ0v) is 23.3. The highest BCUT2D eigenvalue weighted by Crippen LogP contribution is 2.35. The molecule has 0 radical (unpaired) electrons. The van der Waals surface area contributed by atoms with Crippen molar-refractivity contribution in [3.8, 4) is 0 Å². The summed E-state index contributed by atoms with van der Waals surface area (Å²) in [7, 11) is 0. The molecule has 19 heteroatoms. The smallest absolute Gasteiger partial charge is 0.187 e. The molecule has 0 bridgehead atoms. The fourth-order valence-electron chi connectivity index (χ4n) is 6.30. The van der Waals surface area contributed by atoms with Gasteiger partial charge in [0.1, 0.15) is 73.2 Å². The topological polar surface area (TPSA) is 336 Å². The van der Waals surface area contributed by atoms with Crippen molar-refractivity contribution in [3.63, 3.8) is 0 Å². The Bertz CT molecular complexity index is 930. The van der Waals surface area contributed by atoms with Crippen LogP contribution in [-0.2, 0) is 33.2 Å². The van der Waals surface area contributed by atoms with Gasteiger partial charge in [-0.2, -0.15) is 0 Å². The highest BCUT2D eigenvalue weighted by atomic mass is 16.8. The minimum Gasteiger partial charge on any atom is -0.394 e.